The third-order valence-corrected chi connectivity index (χ3v) is 5.03. The summed E-state index contributed by atoms with van der Waals surface area (Å²) in [6.07, 6.45) is 6.67. The van der Waals surface area contributed by atoms with Crippen LogP contribution in [0.15, 0.2) is 36.9 Å². The van der Waals surface area contributed by atoms with E-state index >= 15 is 0 Å². The minimum absolute atomic E-state index is 0.0834. The third kappa shape index (κ3) is 2.66. The molecule has 8 nitrogen and oxygen atoms in total. The molecule has 1 saturated heterocycles. The first-order chi connectivity index (χ1) is 13.1. The van der Waals surface area contributed by atoms with Gasteiger partial charge in [0, 0.05) is 26.0 Å². The summed E-state index contributed by atoms with van der Waals surface area (Å²) in [4.78, 5) is 20.7. The molecule has 0 aliphatic carbocycles. The Morgan fingerprint density at radius 3 is 2.70 bits per heavy atom. The lowest BCUT2D eigenvalue weighted by molar-refractivity contribution is 0.0996. The second-order valence-electron chi connectivity index (χ2n) is 6.90. The van der Waals surface area contributed by atoms with Gasteiger partial charge in [-0.05, 0) is 18.6 Å². The highest BCUT2D eigenvalue weighted by molar-refractivity contribution is 6.09. The number of nitrogens with zero attached hydrogens (tertiary/aromatic N) is 7. The topological polar surface area (TPSA) is 72.1 Å². The Kier molecular flexibility index (Phi) is 3.49. The average Bonchev–Trinajstić information content (AvgIpc) is 3.42. The van der Waals surface area contributed by atoms with Crippen LogP contribution < -0.4 is 9.80 Å². The molecular formula is C18H18FN7O. The molecule has 5 rings (SSSR count). The van der Waals surface area contributed by atoms with E-state index in [1.54, 1.807) is 39.1 Å². The molecule has 5 heterocycles. The van der Waals surface area contributed by atoms with Crippen molar-refractivity contribution in [2.45, 2.75) is 19.1 Å². The quantitative estimate of drug-likeness (QED) is 0.706. The lowest BCUT2D eigenvalue weighted by Gasteiger charge is -2.16. The van der Waals surface area contributed by atoms with E-state index in [9.17, 15) is 9.18 Å². The summed E-state index contributed by atoms with van der Waals surface area (Å²) in [7, 11) is 1.82. The van der Waals surface area contributed by atoms with Crippen LogP contribution in [-0.4, -0.2) is 49.7 Å². The maximum atomic E-state index is 13.4. The van der Waals surface area contributed by atoms with E-state index < -0.39 is 6.17 Å². The van der Waals surface area contributed by atoms with Crippen molar-refractivity contribution >= 4 is 17.4 Å². The number of rotatable bonds is 3. The largest absolute Gasteiger partial charge is 0.354 e. The molecule has 1 amide bonds. The van der Waals surface area contributed by atoms with Crippen molar-refractivity contribution in [2.75, 3.05) is 22.9 Å². The lowest BCUT2D eigenvalue weighted by Crippen LogP contribution is -2.23. The minimum atomic E-state index is -0.783. The van der Waals surface area contributed by atoms with Crippen molar-refractivity contribution < 1.29 is 9.18 Å². The zero-order valence-corrected chi connectivity index (χ0v) is 14.8. The summed E-state index contributed by atoms with van der Waals surface area (Å²) in [6, 6.07) is 3.75. The number of amides is 1. The fraction of sp³-hybridized carbons (Fsp3) is 0.333. The maximum absolute atomic E-state index is 13.4. The fourth-order valence-corrected chi connectivity index (χ4v) is 3.59. The van der Waals surface area contributed by atoms with Gasteiger partial charge in [-0.3, -0.25) is 14.4 Å². The van der Waals surface area contributed by atoms with Crippen LogP contribution in [0, 0.1) is 0 Å². The van der Waals surface area contributed by atoms with Crippen molar-refractivity contribution in [1.82, 2.24) is 24.5 Å². The zero-order chi connectivity index (χ0) is 18.5. The van der Waals surface area contributed by atoms with Crippen LogP contribution in [0.3, 0.4) is 0 Å². The fourth-order valence-electron chi connectivity index (χ4n) is 3.59. The van der Waals surface area contributed by atoms with Gasteiger partial charge in [0.25, 0.3) is 5.91 Å². The van der Waals surface area contributed by atoms with Crippen LogP contribution in [0.2, 0.25) is 0 Å². The first kappa shape index (κ1) is 16.0. The van der Waals surface area contributed by atoms with Crippen LogP contribution >= 0.6 is 0 Å². The normalized spacial score (nSPS) is 19.2. The number of anilines is 2. The Labute approximate surface area is 154 Å². The van der Waals surface area contributed by atoms with Gasteiger partial charge >= 0.3 is 0 Å². The first-order valence-electron chi connectivity index (χ1n) is 8.83. The number of fused-ring (bicyclic) bond motifs is 1. The molecule has 0 radical (unpaired) electrons. The highest BCUT2D eigenvalue weighted by atomic mass is 18.2. The first-order valence-corrected chi connectivity index (χ1v) is 8.83. The van der Waals surface area contributed by atoms with Gasteiger partial charge in [0.15, 0.2) is 0 Å². The standard InChI is InChI=1S/C18H18FN7O/c1-23-9-14(7-21-23)25-11-16-15(18(25)27)10-26(22-16)13-2-3-17(20-6-13)24-5-4-12(19)8-24/h2-3,6-7,9-10,12H,4-5,8,11H2,1H3/t12-/m0/s1/i19-1. The molecule has 0 spiro atoms. The molecule has 9 heteroatoms. The molecule has 3 aromatic heterocycles. The lowest BCUT2D eigenvalue weighted by atomic mass is 10.3. The van der Waals surface area contributed by atoms with Crippen molar-refractivity contribution in [3.63, 3.8) is 0 Å². The number of carbonyl (C=O) groups excluding carboxylic acids is 1. The van der Waals surface area contributed by atoms with Crippen molar-refractivity contribution in [3.8, 4) is 5.69 Å². The summed E-state index contributed by atoms with van der Waals surface area (Å²) in [5, 5.41) is 8.66. The van der Waals surface area contributed by atoms with Gasteiger partial charge in [-0.1, -0.05) is 0 Å². The number of carbonyl (C=O) groups is 1. The highest BCUT2D eigenvalue weighted by Crippen LogP contribution is 2.28. The molecule has 2 aliphatic rings. The molecule has 2 aliphatic heterocycles. The Balaban J connectivity index is 1.37. The predicted octanol–water partition coefficient (Wildman–Crippen LogP) is 1.71. The predicted molar refractivity (Wildman–Crippen MR) is 96.8 cm³/mol. The number of aryl methyl sites for hydroxylation is 1. The summed E-state index contributed by atoms with van der Waals surface area (Å²) < 4.78 is 16.7. The average molecular weight is 366 g/mol. The van der Waals surface area contributed by atoms with Gasteiger partial charge in [0.1, 0.15) is 12.0 Å². The number of alkyl halides is 1. The number of pyridine rings is 1. The van der Waals surface area contributed by atoms with Crippen LogP contribution in [0.4, 0.5) is 15.9 Å². The van der Waals surface area contributed by atoms with E-state index in [0.29, 0.717) is 31.6 Å². The van der Waals surface area contributed by atoms with E-state index in [-0.39, 0.29) is 5.91 Å². The molecule has 1 atom stereocenters. The van der Waals surface area contributed by atoms with Crippen molar-refractivity contribution in [3.05, 3.63) is 48.2 Å². The molecule has 3 aromatic rings. The minimum Gasteiger partial charge on any atom is -0.354 e. The molecule has 27 heavy (non-hydrogen) atoms. The molecule has 0 unspecified atom stereocenters. The molecular weight excluding hydrogens is 348 g/mol. The molecule has 0 aromatic carbocycles. The van der Waals surface area contributed by atoms with Crippen molar-refractivity contribution in [1.29, 1.82) is 0 Å². The second kappa shape index (κ2) is 5.90. The summed E-state index contributed by atoms with van der Waals surface area (Å²) in [6.45, 7) is 1.49. The summed E-state index contributed by atoms with van der Waals surface area (Å²) in [5.41, 5.74) is 2.84. The van der Waals surface area contributed by atoms with E-state index in [4.69, 9.17) is 0 Å². The van der Waals surface area contributed by atoms with Gasteiger partial charge in [-0.2, -0.15) is 10.2 Å². The number of halogens is 1. The van der Waals surface area contributed by atoms with Crippen LogP contribution in [0.1, 0.15) is 22.5 Å². The molecule has 1 fully saturated rings. The Morgan fingerprint density at radius 2 is 2.07 bits per heavy atom. The SMILES string of the molecule is Cn1cc(N2Cc3nn(-c4ccc(N5CC[C@H]([18F])C5)nc4)cc3C2=O)cn1. The van der Waals surface area contributed by atoms with E-state index in [2.05, 4.69) is 15.2 Å². The monoisotopic (exact) mass is 366 g/mol. The van der Waals surface area contributed by atoms with Gasteiger partial charge in [-0.15, -0.1) is 0 Å². The summed E-state index contributed by atoms with van der Waals surface area (Å²) >= 11 is 0. The molecule has 0 saturated carbocycles. The smallest absolute Gasteiger partial charge is 0.262 e. The zero-order valence-electron chi connectivity index (χ0n) is 14.8. The van der Waals surface area contributed by atoms with Gasteiger partial charge in [-0.25, -0.2) is 14.1 Å². The molecule has 0 bridgehead atoms. The number of hydrogen-bond donors (Lipinski definition) is 0. The maximum Gasteiger partial charge on any atom is 0.262 e. The number of aromatic nitrogens is 5. The van der Waals surface area contributed by atoms with Gasteiger partial charge in [0.2, 0.25) is 0 Å². The third-order valence-electron chi connectivity index (χ3n) is 5.03. The molecule has 138 valence electrons. The van der Waals surface area contributed by atoms with Gasteiger partial charge < -0.3 is 4.90 Å². The Bertz CT molecular complexity index is 1010. The van der Waals surface area contributed by atoms with Crippen molar-refractivity contribution in [2.24, 2.45) is 7.05 Å². The van der Waals surface area contributed by atoms with Crippen LogP contribution in [0.25, 0.3) is 5.69 Å². The van der Waals surface area contributed by atoms with Crippen LogP contribution in [0.5, 0.6) is 0 Å². The van der Waals surface area contributed by atoms with E-state index in [1.165, 1.54) is 0 Å². The van der Waals surface area contributed by atoms with E-state index in [1.807, 2.05) is 24.1 Å². The Morgan fingerprint density at radius 1 is 1.19 bits per heavy atom. The highest BCUT2D eigenvalue weighted by Gasteiger charge is 2.32. The number of hydrogen-bond acceptors (Lipinski definition) is 5. The van der Waals surface area contributed by atoms with Gasteiger partial charge in [0.05, 0.1) is 48.1 Å². The second-order valence-corrected chi connectivity index (χ2v) is 6.90. The van der Waals surface area contributed by atoms with Crippen LogP contribution in [-0.2, 0) is 13.6 Å². The molecule has 0 N–H and O–H groups in total. The van der Waals surface area contributed by atoms with E-state index in [0.717, 1.165) is 22.9 Å². The summed E-state index contributed by atoms with van der Waals surface area (Å²) in [5.74, 6) is 0.678. The Hall–Kier alpha value is -3.23.